The number of likely N-dealkylation sites (tertiary alicyclic amines) is 1. The molecule has 18 heavy (non-hydrogen) atoms. The number of nitrogens with one attached hydrogen (secondary N) is 1. The van der Waals surface area contributed by atoms with E-state index in [2.05, 4.69) is 22.0 Å². The molecule has 0 radical (unpaired) electrons. The van der Waals surface area contributed by atoms with Gasteiger partial charge in [-0.1, -0.05) is 6.42 Å². The summed E-state index contributed by atoms with van der Waals surface area (Å²) in [7, 11) is 0. The van der Waals surface area contributed by atoms with Crippen LogP contribution in [-0.2, 0) is 0 Å². The molecule has 2 saturated heterocycles. The number of β-amino-alcohol motifs (C(OH)–C–C–N with tert-alkyl or cyclic N) is 1. The zero-order valence-electron chi connectivity index (χ0n) is 11.8. The third-order valence-corrected chi connectivity index (χ3v) is 4.29. The van der Waals surface area contributed by atoms with E-state index < -0.39 is 0 Å². The molecule has 4 nitrogen and oxygen atoms in total. The van der Waals surface area contributed by atoms with Crippen molar-refractivity contribution < 1.29 is 5.11 Å². The normalized spacial score (nSPS) is 30.0. The van der Waals surface area contributed by atoms with Crippen LogP contribution < -0.4 is 5.32 Å². The smallest absolute Gasteiger partial charge is 0.0793 e. The Morgan fingerprint density at radius 2 is 2.00 bits per heavy atom. The van der Waals surface area contributed by atoms with Crippen molar-refractivity contribution in [3.8, 4) is 0 Å². The average Bonchev–Trinajstić information content (AvgIpc) is 2.61. The number of piperidine rings is 1. The fourth-order valence-corrected chi connectivity index (χ4v) is 3.14. The van der Waals surface area contributed by atoms with Crippen molar-refractivity contribution in [1.29, 1.82) is 0 Å². The van der Waals surface area contributed by atoms with E-state index in [0.29, 0.717) is 6.04 Å². The lowest BCUT2D eigenvalue weighted by molar-refractivity contribution is 0.0498. The lowest BCUT2D eigenvalue weighted by Gasteiger charge is -2.35. The first-order valence-corrected chi connectivity index (χ1v) is 7.61. The molecule has 0 bridgehead atoms. The second kappa shape index (κ2) is 7.43. The van der Waals surface area contributed by atoms with Crippen molar-refractivity contribution in [1.82, 2.24) is 15.1 Å². The summed E-state index contributed by atoms with van der Waals surface area (Å²) in [5.74, 6) is 0. The van der Waals surface area contributed by atoms with Gasteiger partial charge in [0, 0.05) is 32.2 Å². The van der Waals surface area contributed by atoms with Crippen LogP contribution in [0.15, 0.2) is 0 Å². The molecule has 0 aromatic rings. The third-order valence-electron chi connectivity index (χ3n) is 4.29. The Labute approximate surface area is 111 Å². The SMILES string of the molecule is CC1CCCCN1CC(O)CN1CCCNCC1. The standard InChI is InChI=1S/C14H29N3O/c1-13-5-2-3-9-17(13)12-14(18)11-16-8-4-6-15-7-10-16/h13-15,18H,2-12H2,1H3. The molecular weight excluding hydrogens is 226 g/mol. The molecule has 2 N–H and O–H groups in total. The first kappa shape index (κ1) is 14.3. The molecule has 2 heterocycles. The largest absolute Gasteiger partial charge is 0.390 e. The average molecular weight is 255 g/mol. The molecule has 2 aliphatic heterocycles. The number of hydrogen-bond donors (Lipinski definition) is 2. The maximum atomic E-state index is 10.3. The highest BCUT2D eigenvalue weighted by Gasteiger charge is 2.22. The molecule has 0 aliphatic carbocycles. The molecule has 4 heteroatoms. The number of aliphatic hydroxyl groups is 1. The van der Waals surface area contributed by atoms with Crippen molar-refractivity contribution in [3.63, 3.8) is 0 Å². The Morgan fingerprint density at radius 1 is 1.11 bits per heavy atom. The Balaban J connectivity index is 1.71. The molecule has 2 atom stereocenters. The zero-order chi connectivity index (χ0) is 12.8. The van der Waals surface area contributed by atoms with Crippen molar-refractivity contribution in [3.05, 3.63) is 0 Å². The van der Waals surface area contributed by atoms with Crippen LogP contribution in [0.5, 0.6) is 0 Å². The summed E-state index contributed by atoms with van der Waals surface area (Å²) in [6, 6.07) is 0.652. The van der Waals surface area contributed by atoms with Crippen LogP contribution in [0.3, 0.4) is 0 Å². The van der Waals surface area contributed by atoms with E-state index in [9.17, 15) is 5.11 Å². The summed E-state index contributed by atoms with van der Waals surface area (Å²) in [5.41, 5.74) is 0. The van der Waals surface area contributed by atoms with Gasteiger partial charge in [0.25, 0.3) is 0 Å². The van der Waals surface area contributed by atoms with Gasteiger partial charge in [0.2, 0.25) is 0 Å². The third kappa shape index (κ3) is 4.50. The highest BCUT2D eigenvalue weighted by molar-refractivity contribution is 4.78. The molecule has 0 saturated carbocycles. The molecule has 0 spiro atoms. The van der Waals surface area contributed by atoms with Crippen LogP contribution in [0.2, 0.25) is 0 Å². The molecule has 0 amide bonds. The summed E-state index contributed by atoms with van der Waals surface area (Å²) in [6.45, 7) is 9.53. The molecule has 2 rings (SSSR count). The number of nitrogens with zero attached hydrogens (tertiary/aromatic N) is 2. The summed E-state index contributed by atoms with van der Waals surface area (Å²) >= 11 is 0. The molecule has 0 aromatic heterocycles. The fourth-order valence-electron chi connectivity index (χ4n) is 3.14. The Bertz CT molecular complexity index is 229. The highest BCUT2D eigenvalue weighted by Crippen LogP contribution is 2.16. The first-order valence-electron chi connectivity index (χ1n) is 7.61. The maximum absolute atomic E-state index is 10.3. The number of rotatable bonds is 4. The van der Waals surface area contributed by atoms with E-state index in [0.717, 1.165) is 39.3 Å². The molecule has 2 fully saturated rings. The molecule has 0 aromatic carbocycles. The van der Waals surface area contributed by atoms with Gasteiger partial charge < -0.3 is 10.4 Å². The van der Waals surface area contributed by atoms with Crippen molar-refractivity contribution in [2.75, 3.05) is 45.8 Å². The predicted octanol–water partition coefficient (Wildman–Crippen LogP) is 0.517. The van der Waals surface area contributed by atoms with Crippen LogP contribution in [0, 0.1) is 0 Å². The summed E-state index contributed by atoms with van der Waals surface area (Å²) in [6.07, 6.45) is 4.95. The summed E-state index contributed by atoms with van der Waals surface area (Å²) in [4.78, 5) is 4.86. The second-order valence-corrected chi connectivity index (χ2v) is 5.90. The van der Waals surface area contributed by atoms with Gasteiger partial charge >= 0.3 is 0 Å². The molecule has 2 aliphatic rings. The minimum atomic E-state index is -0.191. The van der Waals surface area contributed by atoms with Crippen molar-refractivity contribution in [2.45, 2.75) is 44.8 Å². The second-order valence-electron chi connectivity index (χ2n) is 5.90. The topological polar surface area (TPSA) is 38.7 Å². The Morgan fingerprint density at radius 3 is 2.83 bits per heavy atom. The monoisotopic (exact) mass is 255 g/mol. The maximum Gasteiger partial charge on any atom is 0.0793 e. The van der Waals surface area contributed by atoms with Crippen molar-refractivity contribution in [2.24, 2.45) is 0 Å². The lowest BCUT2D eigenvalue weighted by atomic mass is 10.0. The van der Waals surface area contributed by atoms with Crippen LogP contribution >= 0.6 is 0 Å². The number of aliphatic hydroxyl groups excluding tert-OH is 1. The number of hydrogen-bond acceptors (Lipinski definition) is 4. The van der Waals surface area contributed by atoms with Gasteiger partial charge in [0.15, 0.2) is 0 Å². The van der Waals surface area contributed by atoms with E-state index in [-0.39, 0.29) is 6.10 Å². The highest BCUT2D eigenvalue weighted by atomic mass is 16.3. The quantitative estimate of drug-likeness (QED) is 0.768. The van der Waals surface area contributed by atoms with E-state index in [1.54, 1.807) is 0 Å². The lowest BCUT2D eigenvalue weighted by Crippen LogP contribution is -2.46. The van der Waals surface area contributed by atoms with Crippen LogP contribution in [0.1, 0.15) is 32.6 Å². The fraction of sp³-hybridized carbons (Fsp3) is 1.00. The first-order chi connectivity index (χ1) is 8.75. The minimum Gasteiger partial charge on any atom is -0.390 e. The van der Waals surface area contributed by atoms with Gasteiger partial charge in [-0.25, -0.2) is 0 Å². The van der Waals surface area contributed by atoms with Gasteiger partial charge in [-0.2, -0.15) is 0 Å². The van der Waals surface area contributed by atoms with E-state index in [1.807, 2.05) is 0 Å². The van der Waals surface area contributed by atoms with E-state index in [4.69, 9.17) is 0 Å². The zero-order valence-corrected chi connectivity index (χ0v) is 11.8. The van der Waals surface area contributed by atoms with E-state index in [1.165, 1.54) is 32.2 Å². The molecular formula is C14H29N3O. The van der Waals surface area contributed by atoms with E-state index >= 15 is 0 Å². The van der Waals surface area contributed by atoms with Gasteiger partial charge in [0.1, 0.15) is 0 Å². The summed E-state index contributed by atoms with van der Waals surface area (Å²) in [5, 5.41) is 13.7. The van der Waals surface area contributed by atoms with Crippen LogP contribution in [-0.4, -0.2) is 72.9 Å². The van der Waals surface area contributed by atoms with Gasteiger partial charge in [-0.05, 0) is 45.8 Å². The van der Waals surface area contributed by atoms with Gasteiger partial charge in [0.05, 0.1) is 6.10 Å². The minimum absolute atomic E-state index is 0.191. The van der Waals surface area contributed by atoms with Crippen LogP contribution in [0.4, 0.5) is 0 Å². The Kier molecular flexibility index (Phi) is 5.89. The van der Waals surface area contributed by atoms with Crippen LogP contribution in [0.25, 0.3) is 0 Å². The van der Waals surface area contributed by atoms with Gasteiger partial charge in [-0.15, -0.1) is 0 Å². The Hall–Kier alpha value is -0.160. The molecule has 2 unspecified atom stereocenters. The predicted molar refractivity (Wildman–Crippen MR) is 74.8 cm³/mol. The van der Waals surface area contributed by atoms with Crippen molar-refractivity contribution >= 4 is 0 Å². The van der Waals surface area contributed by atoms with Gasteiger partial charge in [-0.3, -0.25) is 9.80 Å². The summed E-state index contributed by atoms with van der Waals surface area (Å²) < 4.78 is 0. The molecule has 106 valence electrons.